The van der Waals surface area contributed by atoms with Crippen LogP contribution in [0.15, 0.2) is 0 Å². The maximum atomic E-state index is 11.9. The van der Waals surface area contributed by atoms with Gasteiger partial charge in [-0.3, -0.25) is 9.69 Å². The minimum atomic E-state index is 0.0745. The molecule has 0 aromatic carbocycles. The van der Waals surface area contributed by atoms with Crippen molar-refractivity contribution in [3.8, 4) is 0 Å². The van der Waals surface area contributed by atoms with Gasteiger partial charge in [0.25, 0.3) is 0 Å². The van der Waals surface area contributed by atoms with E-state index in [1.54, 1.807) is 0 Å². The van der Waals surface area contributed by atoms with Gasteiger partial charge in [-0.1, -0.05) is 12.8 Å². The average Bonchev–Trinajstić information content (AvgIpc) is 2.66. The van der Waals surface area contributed by atoms with Crippen LogP contribution in [0.3, 0.4) is 0 Å². The molecule has 1 aliphatic carbocycles. The van der Waals surface area contributed by atoms with E-state index in [0.29, 0.717) is 6.54 Å². The van der Waals surface area contributed by atoms with Crippen molar-refractivity contribution in [1.82, 2.24) is 15.5 Å². The molecule has 1 aliphatic heterocycles. The van der Waals surface area contributed by atoms with Crippen molar-refractivity contribution in [2.24, 2.45) is 0 Å². The molecule has 2 N–H and O–H groups in total. The largest absolute Gasteiger partial charge is 0.350 e. The Morgan fingerprint density at radius 2 is 1.94 bits per heavy atom. The molecular formula is C12H23N3O. The molecule has 2 fully saturated rings. The Kier molecular flexibility index (Phi) is 3.82. The van der Waals surface area contributed by atoms with Crippen LogP contribution in [0.5, 0.6) is 0 Å². The van der Waals surface area contributed by atoms with E-state index in [2.05, 4.69) is 22.5 Å². The van der Waals surface area contributed by atoms with Crippen LogP contribution in [0.1, 0.15) is 32.6 Å². The van der Waals surface area contributed by atoms with Crippen LogP contribution in [-0.2, 0) is 4.79 Å². The van der Waals surface area contributed by atoms with Crippen LogP contribution in [0.25, 0.3) is 0 Å². The quantitative estimate of drug-likeness (QED) is 0.728. The third-order valence-corrected chi connectivity index (χ3v) is 3.73. The van der Waals surface area contributed by atoms with Crippen molar-refractivity contribution in [3.05, 3.63) is 0 Å². The molecule has 4 heteroatoms. The fourth-order valence-corrected chi connectivity index (χ4v) is 2.73. The number of nitrogens with zero attached hydrogens (tertiary/aromatic N) is 1. The molecule has 1 saturated heterocycles. The van der Waals surface area contributed by atoms with Gasteiger partial charge < -0.3 is 10.6 Å². The Morgan fingerprint density at radius 3 is 2.56 bits per heavy atom. The van der Waals surface area contributed by atoms with Crippen LogP contribution in [0, 0.1) is 0 Å². The number of carbonyl (C=O) groups excluding carboxylic acids is 1. The highest BCUT2D eigenvalue weighted by Crippen LogP contribution is 2.28. The fraction of sp³-hybridized carbons (Fsp3) is 0.917. The van der Waals surface area contributed by atoms with Crippen molar-refractivity contribution < 1.29 is 4.79 Å². The van der Waals surface area contributed by atoms with Gasteiger partial charge in [0.15, 0.2) is 0 Å². The van der Waals surface area contributed by atoms with Gasteiger partial charge in [-0.15, -0.1) is 0 Å². The third kappa shape index (κ3) is 3.19. The molecule has 0 radical (unpaired) electrons. The van der Waals surface area contributed by atoms with E-state index < -0.39 is 0 Å². The van der Waals surface area contributed by atoms with Gasteiger partial charge in [-0.2, -0.15) is 0 Å². The monoisotopic (exact) mass is 225 g/mol. The molecule has 0 aromatic rings. The van der Waals surface area contributed by atoms with E-state index in [0.717, 1.165) is 39.0 Å². The molecule has 1 heterocycles. The van der Waals surface area contributed by atoms with Gasteiger partial charge in [-0.05, 0) is 19.8 Å². The smallest absolute Gasteiger partial charge is 0.234 e. The van der Waals surface area contributed by atoms with E-state index in [4.69, 9.17) is 0 Å². The lowest BCUT2D eigenvalue weighted by Gasteiger charge is -2.30. The Bertz CT molecular complexity index is 243. The van der Waals surface area contributed by atoms with Crippen molar-refractivity contribution in [2.45, 2.75) is 38.1 Å². The number of hydrogen-bond acceptors (Lipinski definition) is 3. The summed E-state index contributed by atoms with van der Waals surface area (Å²) in [5, 5.41) is 6.50. The fourth-order valence-electron chi connectivity index (χ4n) is 2.73. The normalized spacial score (nSPS) is 25.6. The molecule has 1 amide bonds. The van der Waals surface area contributed by atoms with Crippen LogP contribution in [-0.4, -0.2) is 49.1 Å². The standard InChI is InChI=1S/C12H23N3O/c1-12(4-2-3-5-12)14-11(16)10-15-8-6-13-7-9-15/h13H,2-10H2,1H3,(H,14,16). The summed E-state index contributed by atoms with van der Waals surface area (Å²) in [7, 11) is 0. The highest BCUT2D eigenvalue weighted by Gasteiger charge is 2.30. The highest BCUT2D eigenvalue weighted by molar-refractivity contribution is 5.78. The molecule has 4 nitrogen and oxygen atoms in total. The molecule has 0 bridgehead atoms. The van der Waals surface area contributed by atoms with Crippen molar-refractivity contribution in [1.29, 1.82) is 0 Å². The number of amides is 1. The molecule has 0 spiro atoms. The zero-order valence-corrected chi connectivity index (χ0v) is 10.2. The first-order valence-electron chi connectivity index (χ1n) is 6.42. The lowest BCUT2D eigenvalue weighted by atomic mass is 10.0. The molecular weight excluding hydrogens is 202 g/mol. The summed E-state index contributed by atoms with van der Waals surface area (Å²) in [6, 6.07) is 0. The van der Waals surface area contributed by atoms with Crippen LogP contribution >= 0.6 is 0 Å². The predicted molar refractivity (Wildman–Crippen MR) is 64.3 cm³/mol. The van der Waals surface area contributed by atoms with E-state index in [1.165, 1.54) is 12.8 Å². The molecule has 16 heavy (non-hydrogen) atoms. The molecule has 0 atom stereocenters. The van der Waals surface area contributed by atoms with Gasteiger partial charge in [-0.25, -0.2) is 0 Å². The molecule has 92 valence electrons. The lowest BCUT2D eigenvalue weighted by Crippen LogP contribution is -2.51. The first-order valence-corrected chi connectivity index (χ1v) is 6.42. The van der Waals surface area contributed by atoms with E-state index in [9.17, 15) is 4.79 Å². The lowest BCUT2D eigenvalue weighted by molar-refractivity contribution is -0.124. The van der Waals surface area contributed by atoms with Gasteiger partial charge in [0.2, 0.25) is 5.91 Å². The topological polar surface area (TPSA) is 44.4 Å². The maximum Gasteiger partial charge on any atom is 0.234 e. The SMILES string of the molecule is CC1(NC(=O)CN2CCNCC2)CCCC1. The van der Waals surface area contributed by atoms with Crippen LogP contribution in [0.4, 0.5) is 0 Å². The average molecular weight is 225 g/mol. The van der Waals surface area contributed by atoms with Crippen molar-refractivity contribution >= 4 is 5.91 Å². The summed E-state index contributed by atoms with van der Waals surface area (Å²) in [5.41, 5.74) is 0.0745. The molecule has 2 rings (SSSR count). The minimum absolute atomic E-state index is 0.0745. The van der Waals surface area contributed by atoms with Crippen LogP contribution in [0.2, 0.25) is 0 Å². The number of hydrogen-bond donors (Lipinski definition) is 2. The summed E-state index contributed by atoms with van der Waals surface area (Å²) in [6.45, 7) is 6.73. The Hall–Kier alpha value is -0.610. The zero-order chi connectivity index (χ0) is 11.4. The van der Waals surface area contributed by atoms with Crippen molar-refractivity contribution in [3.63, 3.8) is 0 Å². The third-order valence-electron chi connectivity index (χ3n) is 3.73. The zero-order valence-electron chi connectivity index (χ0n) is 10.2. The first kappa shape index (κ1) is 11.9. The van der Waals surface area contributed by atoms with Gasteiger partial charge >= 0.3 is 0 Å². The summed E-state index contributed by atoms with van der Waals surface area (Å²) in [6.07, 6.45) is 4.79. The number of nitrogens with one attached hydrogen (secondary N) is 2. The van der Waals surface area contributed by atoms with Gasteiger partial charge in [0.05, 0.1) is 6.54 Å². The molecule has 0 unspecified atom stereocenters. The summed E-state index contributed by atoms with van der Waals surface area (Å²) < 4.78 is 0. The van der Waals surface area contributed by atoms with E-state index >= 15 is 0 Å². The first-order chi connectivity index (χ1) is 7.68. The molecule has 2 aliphatic rings. The van der Waals surface area contributed by atoms with Crippen molar-refractivity contribution in [2.75, 3.05) is 32.7 Å². The second-order valence-corrected chi connectivity index (χ2v) is 5.34. The molecule has 0 aromatic heterocycles. The van der Waals surface area contributed by atoms with Gasteiger partial charge in [0.1, 0.15) is 0 Å². The summed E-state index contributed by atoms with van der Waals surface area (Å²) in [4.78, 5) is 14.1. The Morgan fingerprint density at radius 1 is 1.31 bits per heavy atom. The van der Waals surface area contributed by atoms with E-state index in [-0.39, 0.29) is 11.4 Å². The van der Waals surface area contributed by atoms with Gasteiger partial charge in [0, 0.05) is 31.7 Å². The summed E-state index contributed by atoms with van der Waals surface area (Å²) >= 11 is 0. The highest BCUT2D eigenvalue weighted by atomic mass is 16.2. The Labute approximate surface area is 97.8 Å². The number of carbonyl (C=O) groups is 1. The minimum Gasteiger partial charge on any atom is -0.350 e. The number of piperazine rings is 1. The Balaban J connectivity index is 1.74. The van der Waals surface area contributed by atoms with Crippen LogP contribution < -0.4 is 10.6 Å². The predicted octanol–water partition coefficient (Wildman–Crippen LogP) is 0.341. The second kappa shape index (κ2) is 5.15. The summed E-state index contributed by atoms with van der Waals surface area (Å²) in [5.74, 6) is 0.200. The second-order valence-electron chi connectivity index (χ2n) is 5.34. The maximum absolute atomic E-state index is 11.9. The van der Waals surface area contributed by atoms with E-state index in [1.807, 2.05) is 0 Å². The molecule has 1 saturated carbocycles. The number of rotatable bonds is 3.